The van der Waals surface area contributed by atoms with Crippen molar-refractivity contribution >= 4 is 5.96 Å². The fourth-order valence-corrected chi connectivity index (χ4v) is 2.50. The van der Waals surface area contributed by atoms with Gasteiger partial charge in [-0.1, -0.05) is 0 Å². The summed E-state index contributed by atoms with van der Waals surface area (Å²) in [6.45, 7) is 2.27. The quantitative estimate of drug-likeness (QED) is 0.454. The van der Waals surface area contributed by atoms with Crippen LogP contribution in [-0.4, -0.2) is 49.8 Å². The van der Waals surface area contributed by atoms with Crippen molar-refractivity contribution in [3.05, 3.63) is 48.3 Å². The number of aromatic nitrogens is 1. The van der Waals surface area contributed by atoms with E-state index in [0.717, 1.165) is 37.0 Å². The Labute approximate surface area is 150 Å². The summed E-state index contributed by atoms with van der Waals surface area (Å²) in [4.78, 5) is 6.45. The lowest BCUT2D eigenvalue weighted by molar-refractivity contribution is 0.309. The number of hydrogen-bond acceptors (Lipinski definition) is 3. The van der Waals surface area contributed by atoms with Gasteiger partial charge in [-0.25, -0.2) is 0 Å². The van der Waals surface area contributed by atoms with Crippen LogP contribution in [0.15, 0.2) is 47.6 Å². The van der Waals surface area contributed by atoms with Crippen LogP contribution in [0, 0.1) is 0 Å². The number of aryl methyl sites for hydroxylation is 1. The van der Waals surface area contributed by atoms with Crippen LogP contribution in [0.1, 0.15) is 12.1 Å². The molecule has 6 nitrogen and oxygen atoms in total. The molecule has 0 spiro atoms. The van der Waals surface area contributed by atoms with Crippen molar-refractivity contribution in [3.63, 3.8) is 0 Å². The average molecular weight is 344 g/mol. The van der Waals surface area contributed by atoms with Crippen molar-refractivity contribution < 1.29 is 9.47 Å². The van der Waals surface area contributed by atoms with E-state index in [1.807, 2.05) is 31.3 Å². The van der Waals surface area contributed by atoms with Crippen molar-refractivity contribution in [3.8, 4) is 11.5 Å². The van der Waals surface area contributed by atoms with Crippen LogP contribution < -0.4 is 14.8 Å². The van der Waals surface area contributed by atoms with E-state index >= 15 is 0 Å². The standard InChI is InChI=1S/C19H28N4O2/c1-20-19(23(3)15-16-7-5-13-22(16)2)21-12-6-14-25-18-10-8-17(24-4)9-11-18/h5,7-11,13H,6,12,14-15H2,1-4H3,(H,20,21). The molecule has 1 N–H and O–H groups in total. The molecule has 0 amide bonds. The zero-order valence-electron chi connectivity index (χ0n) is 15.5. The summed E-state index contributed by atoms with van der Waals surface area (Å²) in [6.07, 6.45) is 2.94. The molecule has 0 bridgehead atoms. The smallest absolute Gasteiger partial charge is 0.193 e. The van der Waals surface area contributed by atoms with E-state index in [0.29, 0.717) is 6.61 Å². The first-order valence-electron chi connectivity index (χ1n) is 8.43. The molecule has 2 aromatic rings. The van der Waals surface area contributed by atoms with E-state index in [4.69, 9.17) is 9.47 Å². The highest BCUT2D eigenvalue weighted by Gasteiger charge is 2.07. The van der Waals surface area contributed by atoms with E-state index in [9.17, 15) is 0 Å². The summed E-state index contributed by atoms with van der Waals surface area (Å²) in [6, 6.07) is 11.8. The number of aliphatic imine (C=N–C) groups is 1. The van der Waals surface area contributed by atoms with Crippen molar-refractivity contribution in [2.75, 3.05) is 34.4 Å². The number of guanidine groups is 1. The van der Waals surface area contributed by atoms with E-state index in [1.54, 1.807) is 14.2 Å². The Bertz CT molecular complexity index is 664. The minimum atomic E-state index is 0.651. The second kappa shape index (κ2) is 9.61. The number of benzene rings is 1. The van der Waals surface area contributed by atoms with Gasteiger partial charge in [-0.05, 0) is 42.8 Å². The SMILES string of the molecule is CN=C(NCCCOc1ccc(OC)cc1)N(C)Cc1cccn1C. The van der Waals surface area contributed by atoms with Crippen LogP contribution in [0.4, 0.5) is 0 Å². The zero-order chi connectivity index (χ0) is 18.1. The van der Waals surface area contributed by atoms with Crippen LogP contribution in [0.3, 0.4) is 0 Å². The molecule has 0 aliphatic heterocycles. The molecular formula is C19H28N4O2. The Morgan fingerprint density at radius 2 is 1.92 bits per heavy atom. The highest BCUT2D eigenvalue weighted by Crippen LogP contribution is 2.16. The number of nitrogens with one attached hydrogen (secondary N) is 1. The first-order chi connectivity index (χ1) is 12.1. The predicted molar refractivity (Wildman–Crippen MR) is 101 cm³/mol. The Kier molecular flexibility index (Phi) is 7.19. The summed E-state index contributed by atoms with van der Waals surface area (Å²) in [5.41, 5.74) is 1.24. The summed E-state index contributed by atoms with van der Waals surface area (Å²) in [5.74, 6) is 2.57. The molecule has 1 aromatic heterocycles. The minimum Gasteiger partial charge on any atom is -0.497 e. The molecule has 0 aliphatic carbocycles. The third kappa shape index (κ3) is 5.74. The summed E-state index contributed by atoms with van der Waals surface area (Å²) in [5, 5.41) is 3.37. The molecule has 0 unspecified atom stereocenters. The molecule has 25 heavy (non-hydrogen) atoms. The normalized spacial score (nSPS) is 11.3. The van der Waals surface area contributed by atoms with Crippen molar-refractivity contribution in [1.29, 1.82) is 0 Å². The molecule has 0 radical (unpaired) electrons. The van der Waals surface area contributed by atoms with E-state index in [1.165, 1.54) is 5.69 Å². The van der Waals surface area contributed by atoms with E-state index in [-0.39, 0.29) is 0 Å². The molecule has 0 atom stereocenters. The van der Waals surface area contributed by atoms with Gasteiger partial charge in [0.05, 0.1) is 20.3 Å². The number of nitrogens with zero attached hydrogens (tertiary/aromatic N) is 3. The molecule has 0 saturated carbocycles. The number of methoxy groups -OCH3 is 1. The Morgan fingerprint density at radius 1 is 1.20 bits per heavy atom. The Balaban J connectivity index is 1.69. The molecule has 0 saturated heterocycles. The summed E-state index contributed by atoms with van der Waals surface area (Å²) < 4.78 is 13.0. The van der Waals surface area contributed by atoms with Gasteiger partial charge in [0.1, 0.15) is 11.5 Å². The molecule has 1 heterocycles. The molecule has 136 valence electrons. The summed E-state index contributed by atoms with van der Waals surface area (Å²) >= 11 is 0. The van der Waals surface area contributed by atoms with Gasteiger partial charge in [-0.2, -0.15) is 0 Å². The largest absolute Gasteiger partial charge is 0.497 e. The van der Waals surface area contributed by atoms with Crippen molar-refractivity contribution in [1.82, 2.24) is 14.8 Å². The second-order valence-electron chi connectivity index (χ2n) is 5.82. The molecule has 6 heteroatoms. The molecule has 1 aromatic carbocycles. The lowest BCUT2D eigenvalue weighted by Gasteiger charge is -2.22. The molecule has 0 aliphatic rings. The maximum absolute atomic E-state index is 5.73. The van der Waals surface area contributed by atoms with Crippen LogP contribution in [-0.2, 0) is 13.6 Å². The van der Waals surface area contributed by atoms with Gasteiger partial charge in [0, 0.05) is 39.6 Å². The van der Waals surface area contributed by atoms with Gasteiger partial charge in [-0.3, -0.25) is 4.99 Å². The lowest BCUT2D eigenvalue weighted by atomic mass is 10.3. The van der Waals surface area contributed by atoms with E-state index < -0.39 is 0 Å². The van der Waals surface area contributed by atoms with Crippen LogP contribution in [0.2, 0.25) is 0 Å². The molecule has 2 rings (SSSR count). The Hall–Kier alpha value is -2.63. The topological polar surface area (TPSA) is 51.0 Å². The van der Waals surface area contributed by atoms with E-state index in [2.05, 4.69) is 45.2 Å². The first kappa shape index (κ1) is 18.7. The lowest BCUT2D eigenvalue weighted by Crippen LogP contribution is -2.39. The van der Waals surface area contributed by atoms with Crippen molar-refractivity contribution in [2.45, 2.75) is 13.0 Å². The third-order valence-electron chi connectivity index (χ3n) is 3.96. The maximum atomic E-state index is 5.73. The van der Waals surface area contributed by atoms with Gasteiger partial charge in [0.2, 0.25) is 0 Å². The highest BCUT2D eigenvalue weighted by molar-refractivity contribution is 5.79. The zero-order valence-corrected chi connectivity index (χ0v) is 15.5. The third-order valence-corrected chi connectivity index (χ3v) is 3.96. The second-order valence-corrected chi connectivity index (χ2v) is 5.82. The Morgan fingerprint density at radius 3 is 2.52 bits per heavy atom. The fourth-order valence-electron chi connectivity index (χ4n) is 2.50. The van der Waals surface area contributed by atoms with Gasteiger partial charge < -0.3 is 24.3 Å². The van der Waals surface area contributed by atoms with Crippen molar-refractivity contribution in [2.24, 2.45) is 12.0 Å². The number of ether oxygens (including phenoxy) is 2. The number of rotatable bonds is 8. The van der Waals surface area contributed by atoms with Crippen LogP contribution in [0.5, 0.6) is 11.5 Å². The minimum absolute atomic E-state index is 0.651. The highest BCUT2D eigenvalue weighted by atomic mass is 16.5. The van der Waals surface area contributed by atoms with Crippen LogP contribution >= 0.6 is 0 Å². The van der Waals surface area contributed by atoms with Gasteiger partial charge in [0.15, 0.2) is 5.96 Å². The van der Waals surface area contributed by atoms with Gasteiger partial charge >= 0.3 is 0 Å². The molecule has 0 fully saturated rings. The van der Waals surface area contributed by atoms with Gasteiger partial charge in [-0.15, -0.1) is 0 Å². The van der Waals surface area contributed by atoms with Gasteiger partial charge in [0.25, 0.3) is 0 Å². The maximum Gasteiger partial charge on any atom is 0.193 e. The average Bonchev–Trinajstić information content (AvgIpc) is 3.03. The predicted octanol–water partition coefficient (Wildman–Crippen LogP) is 2.51. The number of hydrogen-bond donors (Lipinski definition) is 1. The summed E-state index contributed by atoms with van der Waals surface area (Å²) in [7, 11) is 7.55. The fraction of sp³-hybridized carbons (Fsp3) is 0.421. The first-order valence-corrected chi connectivity index (χ1v) is 8.43. The van der Waals surface area contributed by atoms with Crippen LogP contribution in [0.25, 0.3) is 0 Å². The molecular weight excluding hydrogens is 316 g/mol. The monoisotopic (exact) mass is 344 g/mol.